The number of benzene rings is 1. The number of hydrogen-bond acceptors (Lipinski definition) is 2. The molecule has 1 aliphatic rings. The third-order valence-corrected chi connectivity index (χ3v) is 4.14. The third-order valence-electron chi connectivity index (χ3n) is 4.14. The number of rotatable bonds is 6. The van der Waals surface area contributed by atoms with Gasteiger partial charge in [-0.25, -0.2) is 0 Å². The molecule has 1 aliphatic carbocycles. The zero-order valence-electron chi connectivity index (χ0n) is 11.6. The molecule has 0 amide bonds. The van der Waals surface area contributed by atoms with E-state index in [0.29, 0.717) is 5.92 Å². The van der Waals surface area contributed by atoms with Crippen molar-refractivity contribution in [3.05, 3.63) is 35.4 Å². The predicted octanol–water partition coefficient (Wildman–Crippen LogP) is 2.84. The normalized spacial score (nSPS) is 22.6. The second kappa shape index (κ2) is 6.71. The molecule has 0 radical (unpaired) electrons. The van der Waals surface area contributed by atoms with Crippen molar-refractivity contribution in [3.8, 4) is 0 Å². The molecule has 1 saturated carbocycles. The fourth-order valence-corrected chi connectivity index (χ4v) is 2.90. The molecule has 1 aromatic rings. The first-order chi connectivity index (χ1) is 9.20. The van der Waals surface area contributed by atoms with Gasteiger partial charge in [0, 0.05) is 6.54 Å². The number of aliphatic carboxylic acids is 1. The van der Waals surface area contributed by atoms with E-state index in [2.05, 4.69) is 36.5 Å². The van der Waals surface area contributed by atoms with E-state index in [-0.39, 0.29) is 5.92 Å². The van der Waals surface area contributed by atoms with Crippen LogP contribution in [0.1, 0.15) is 37.3 Å². The van der Waals surface area contributed by atoms with Gasteiger partial charge in [0.1, 0.15) is 0 Å². The molecular weight excluding hydrogens is 238 g/mol. The van der Waals surface area contributed by atoms with Gasteiger partial charge in [-0.3, -0.25) is 4.79 Å². The van der Waals surface area contributed by atoms with Crippen molar-refractivity contribution >= 4 is 5.97 Å². The van der Waals surface area contributed by atoms with E-state index in [1.165, 1.54) is 11.1 Å². The van der Waals surface area contributed by atoms with Gasteiger partial charge in [-0.2, -0.15) is 0 Å². The molecule has 0 aliphatic heterocycles. The number of carboxylic acids is 1. The van der Waals surface area contributed by atoms with Gasteiger partial charge < -0.3 is 10.4 Å². The van der Waals surface area contributed by atoms with Crippen LogP contribution < -0.4 is 5.32 Å². The Morgan fingerprint density at radius 2 is 1.95 bits per heavy atom. The average Bonchev–Trinajstić information content (AvgIpc) is 2.88. The largest absolute Gasteiger partial charge is 0.481 e. The number of aryl methyl sites for hydroxylation is 1. The first-order valence-corrected chi connectivity index (χ1v) is 7.22. The molecule has 1 aromatic carbocycles. The van der Waals surface area contributed by atoms with Crippen LogP contribution in [0, 0.1) is 11.8 Å². The Morgan fingerprint density at radius 3 is 2.58 bits per heavy atom. The number of nitrogens with one attached hydrogen (secondary N) is 1. The number of carbonyl (C=O) groups is 1. The van der Waals surface area contributed by atoms with Crippen LogP contribution in [0.5, 0.6) is 0 Å². The van der Waals surface area contributed by atoms with E-state index in [1.807, 2.05) is 0 Å². The van der Waals surface area contributed by atoms with E-state index < -0.39 is 5.97 Å². The maximum absolute atomic E-state index is 11.1. The van der Waals surface area contributed by atoms with E-state index in [1.54, 1.807) is 0 Å². The summed E-state index contributed by atoms with van der Waals surface area (Å²) >= 11 is 0. The Labute approximate surface area is 115 Å². The summed E-state index contributed by atoms with van der Waals surface area (Å²) in [6.07, 6.45) is 4.00. The van der Waals surface area contributed by atoms with Crippen molar-refractivity contribution in [2.45, 2.75) is 39.2 Å². The highest BCUT2D eigenvalue weighted by Gasteiger charge is 2.32. The molecule has 0 heterocycles. The standard InChI is InChI=1S/C16H23NO2/c1-2-12-6-8-13(9-7-12)10-17-11-14-4-3-5-15(14)16(18)19/h6-9,14-15,17H,2-5,10-11H2,1H3,(H,18,19). The van der Waals surface area contributed by atoms with Gasteiger partial charge in [0.15, 0.2) is 0 Å². The van der Waals surface area contributed by atoms with Gasteiger partial charge in [-0.15, -0.1) is 0 Å². The molecule has 3 nitrogen and oxygen atoms in total. The van der Waals surface area contributed by atoms with E-state index >= 15 is 0 Å². The van der Waals surface area contributed by atoms with Crippen LogP contribution in [0.3, 0.4) is 0 Å². The molecule has 0 bridgehead atoms. The molecule has 0 aromatic heterocycles. The summed E-state index contributed by atoms with van der Waals surface area (Å²) in [6, 6.07) is 8.61. The second-order valence-corrected chi connectivity index (χ2v) is 5.44. The topological polar surface area (TPSA) is 49.3 Å². The van der Waals surface area contributed by atoms with E-state index in [0.717, 1.165) is 38.8 Å². The molecule has 104 valence electrons. The molecule has 0 saturated heterocycles. The van der Waals surface area contributed by atoms with Crippen LogP contribution in [0.15, 0.2) is 24.3 Å². The summed E-state index contributed by atoms with van der Waals surface area (Å²) in [6.45, 7) is 3.79. The first kappa shape index (κ1) is 14.1. The zero-order valence-corrected chi connectivity index (χ0v) is 11.6. The van der Waals surface area contributed by atoms with Crippen molar-refractivity contribution in [1.82, 2.24) is 5.32 Å². The summed E-state index contributed by atoms with van der Waals surface area (Å²) in [5, 5.41) is 12.5. The highest BCUT2D eigenvalue weighted by Crippen LogP contribution is 2.31. The lowest BCUT2D eigenvalue weighted by Gasteiger charge is -2.16. The van der Waals surface area contributed by atoms with Crippen LogP contribution in [0.4, 0.5) is 0 Å². The second-order valence-electron chi connectivity index (χ2n) is 5.44. The number of hydrogen-bond donors (Lipinski definition) is 2. The minimum Gasteiger partial charge on any atom is -0.481 e. The van der Waals surface area contributed by atoms with Crippen LogP contribution >= 0.6 is 0 Å². The summed E-state index contributed by atoms with van der Waals surface area (Å²) in [7, 11) is 0. The summed E-state index contributed by atoms with van der Waals surface area (Å²) in [5.74, 6) is -0.473. The van der Waals surface area contributed by atoms with Gasteiger partial charge in [0.05, 0.1) is 5.92 Å². The predicted molar refractivity (Wildman–Crippen MR) is 76.0 cm³/mol. The summed E-state index contributed by atoms with van der Waals surface area (Å²) in [4.78, 5) is 11.1. The lowest BCUT2D eigenvalue weighted by molar-refractivity contribution is -0.142. The minimum absolute atomic E-state index is 0.144. The number of carboxylic acid groups (broad SMARTS) is 1. The highest BCUT2D eigenvalue weighted by atomic mass is 16.4. The van der Waals surface area contributed by atoms with Gasteiger partial charge in [0.2, 0.25) is 0 Å². The SMILES string of the molecule is CCc1ccc(CNCC2CCCC2C(=O)O)cc1. The Kier molecular flexibility index (Phi) is 4.97. The Morgan fingerprint density at radius 1 is 1.26 bits per heavy atom. The molecule has 2 unspecified atom stereocenters. The molecule has 0 spiro atoms. The summed E-state index contributed by atoms with van der Waals surface area (Å²) < 4.78 is 0. The maximum atomic E-state index is 11.1. The smallest absolute Gasteiger partial charge is 0.306 e. The molecule has 2 N–H and O–H groups in total. The first-order valence-electron chi connectivity index (χ1n) is 7.22. The lowest BCUT2D eigenvalue weighted by Crippen LogP contribution is -2.28. The minimum atomic E-state index is -0.628. The van der Waals surface area contributed by atoms with Gasteiger partial charge in [-0.05, 0) is 42.9 Å². The molecule has 1 fully saturated rings. The molecule has 2 atom stereocenters. The van der Waals surface area contributed by atoms with Gasteiger partial charge >= 0.3 is 5.97 Å². The van der Waals surface area contributed by atoms with Crippen LogP contribution in [0.25, 0.3) is 0 Å². The average molecular weight is 261 g/mol. The summed E-state index contributed by atoms with van der Waals surface area (Å²) in [5.41, 5.74) is 2.62. The van der Waals surface area contributed by atoms with E-state index in [9.17, 15) is 4.79 Å². The quantitative estimate of drug-likeness (QED) is 0.828. The molecular formula is C16H23NO2. The Bertz CT molecular complexity index is 413. The van der Waals surface area contributed by atoms with Crippen molar-refractivity contribution in [2.75, 3.05) is 6.54 Å². The molecule has 19 heavy (non-hydrogen) atoms. The monoisotopic (exact) mass is 261 g/mol. The molecule has 3 heteroatoms. The molecule has 2 rings (SSSR count). The van der Waals surface area contributed by atoms with Crippen molar-refractivity contribution < 1.29 is 9.90 Å². The van der Waals surface area contributed by atoms with Crippen LogP contribution in [-0.2, 0) is 17.8 Å². The van der Waals surface area contributed by atoms with Crippen molar-refractivity contribution in [1.29, 1.82) is 0 Å². The Hall–Kier alpha value is -1.35. The lowest BCUT2D eigenvalue weighted by atomic mass is 9.96. The van der Waals surface area contributed by atoms with Crippen LogP contribution in [-0.4, -0.2) is 17.6 Å². The van der Waals surface area contributed by atoms with Gasteiger partial charge in [0.25, 0.3) is 0 Å². The highest BCUT2D eigenvalue weighted by molar-refractivity contribution is 5.70. The van der Waals surface area contributed by atoms with Gasteiger partial charge in [-0.1, -0.05) is 37.6 Å². The third kappa shape index (κ3) is 3.80. The maximum Gasteiger partial charge on any atom is 0.306 e. The van der Waals surface area contributed by atoms with Crippen LogP contribution in [0.2, 0.25) is 0 Å². The fraction of sp³-hybridized carbons (Fsp3) is 0.562. The fourth-order valence-electron chi connectivity index (χ4n) is 2.90. The van der Waals surface area contributed by atoms with Crippen molar-refractivity contribution in [2.24, 2.45) is 11.8 Å². The van der Waals surface area contributed by atoms with E-state index in [4.69, 9.17) is 5.11 Å². The van der Waals surface area contributed by atoms with Crippen molar-refractivity contribution in [3.63, 3.8) is 0 Å². The Balaban J connectivity index is 1.78. The zero-order chi connectivity index (χ0) is 13.7.